The minimum absolute atomic E-state index is 0.0566. The van der Waals surface area contributed by atoms with E-state index in [2.05, 4.69) is 0 Å². The Morgan fingerprint density at radius 1 is 1.20 bits per heavy atom. The Morgan fingerprint density at radius 3 is 2.13 bits per heavy atom. The van der Waals surface area contributed by atoms with Gasteiger partial charge in [-0.05, 0) is 13.8 Å². The first-order valence-corrected chi connectivity index (χ1v) is 4.94. The number of rotatable bonds is 3. The minimum atomic E-state index is -0.615. The van der Waals surface area contributed by atoms with Crippen LogP contribution >= 0.6 is 11.6 Å². The van der Waals surface area contributed by atoms with E-state index in [-0.39, 0.29) is 17.3 Å². The number of halogens is 1. The highest BCUT2D eigenvalue weighted by molar-refractivity contribution is 6.32. The normalized spacial score (nSPS) is 10.3. The lowest BCUT2D eigenvalue weighted by Gasteiger charge is -2.10. The van der Waals surface area contributed by atoms with E-state index in [1.807, 2.05) is 0 Å². The topological polar surface area (TPSA) is 61.1 Å². The Balaban J connectivity index is 3.81. The summed E-state index contributed by atoms with van der Waals surface area (Å²) in [6.45, 7) is 3.90. The van der Waals surface area contributed by atoms with Crippen LogP contribution in [-0.2, 0) is 13.1 Å². The van der Waals surface area contributed by atoms with Gasteiger partial charge in [0.2, 0.25) is 0 Å². The van der Waals surface area contributed by atoms with Gasteiger partial charge in [0.25, 0.3) is 5.56 Å². The predicted molar refractivity (Wildman–Crippen MR) is 56.7 cm³/mol. The molecule has 0 fully saturated rings. The van der Waals surface area contributed by atoms with E-state index in [1.165, 1.54) is 4.57 Å². The molecule has 0 saturated carbocycles. The van der Waals surface area contributed by atoms with Crippen LogP contribution in [0, 0.1) is 0 Å². The van der Waals surface area contributed by atoms with Gasteiger partial charge in [0.05, 0.1) is 0 Å². The molecule has 0 aromatic carbocycles. The van der Waals surface area contributed by atoms with Gasteiger partial charge in [0, 0.05) is 13.1 Å². The highest BCUT2D eigenvalue weighted by Crippen LogP contribution is 2.05. The van der Waals surface area contributed by atoms with Crippen molar-refractivity contribution in [3.05, 3.63) is 31.6 Å². The molecule has 0 radical (unpaired) electrons. The molecule has 1 aromatic rings. The Bertz CT molecular complexity index is 501. The standard InChI is InChI=1S/C9H11ClN2O3/c1-3-11-6(5-13)7(10)8(14)12(4-2)9(11)15/h5H,3-4H2,1-2H3. The molecule has 0 aliphatic rings. The molecule has 15 heavy (non-hydrogen) atoms. The molecule has 5 nitrogen and oxygen atoms in total. The summed E-state index contributed by atoms with van der Waals surface area (Å²) in [7, 11) is 0. The van der Waals surface area contributed by atoms with Gasteiger partial charge in [-0.3, -0.25) is 18.7 Å². The van der Waals surface area contributed by atoms with E-state index < -0.39 is 11.2 Å². The molecule has 0 unspecified atom stereocenters. The fourth-order valence-corrected chi connectivity index (χ4v) is 1.63. The molecule has 0 spiro atoms. The summed E-state index contributed by atoms with van der Waals surface area (Å²) in [4.78, 5) is 33.9. The second-order valence-corrected chi connectivity index (χ2v) is 3.27. The first-order valence-electron chi connectivity index (χ1n) is 4.56. The molecule has 6 heteroatoms. The Hall–Kier alpha value is -1.36. The molecule has 0 aliphatic heterocycles. The largest absolute Gasteiger partial charge is 0.331 e. The number of aldehydes is 1. The fraction of sp³-hybridized carbons (Fsp3) is 0.444. The third-order valence-corrected chi connectivity index (χ3v) is 2.51. The lowest BCUT2D eigenvalue weighted by Crippen LogP contribution is -2.41. The third-order valence-electron chi connectivity index (χ3n) is 2.15. The average Bonchev–Trinajstić information content (AvgIpc) is 2.23. The van der Waals surface area contributed by atoms with E-state index in [1.54, 1.807) is 13.8 Å². The van der Waals surface area contributed by atoms with Crippen molar-refractivity contribution < 1.29 is 4.79 Å². The molecule has 0 atom stereocenters. The van der Waals surface area contributed by atoms with Crippen LogP contribution in [0.5, 0.6) is 0 Å². The Labute approximate surface area is 90.9 Å². The predicted octanol–water partition coefficient (Wildman–Crippen LogP) is 0.516. The van der Waals surface area contributed by atoms with Crippen molar-refractivity contribution in [1.82, 2.24) is 9.13 Å². The summed E-state index contributed by atoms with van der Waals surface area (Å²) in [5.74, 6) is 0. The SMILES string of the molecule is CCn1c(C=O)c(Cl)c(=O)n(CC)c1=O. The molecule has 0 amide bonds. The molecule has 1 rings (SSSR count). The average molecular weight is 231 g/mol. The van der Waals surface area contributed by atoms with E-state index in [0.717, 1.165) is 4.57 Å². The highest BCUT2D eigenvalue weighted by Gasteiger charge is 2.14. The number of carbonyl (C=O) groups is 1. The molecule has 0 saturated heterocycles. The summed E-state index contributed by atoms with van der Waals surface area (Å²) in [5, 5.41) is -0.201. The molecule has 0 aliphatic carbocycles. The molecule has 1 heterocycles. The van der Waals surface area contributed by atoms with E-state index >= 15 is 0 Å². The van der Waals surface area contributed by atoms with Crippen LogP contribution in [0.1, 0.15) is 24.3 Å². The summed E-state index contributed by atoms with van der Waals surface area (Å²) < 4.78 is 2.18. The van der Waals surface area contributed by atoms with Crippen molar-refractivity contribution in [3.8, 4) is 0 Å². The molecular weight excluding hydrogens is 220 g/mol. The zero-order valence-corrected chi connectivity index (χ0v) is 9.24. The summed E-state index contributed by atoms with van der Waals surface area (Å²) in [5.41, 5.74) is -1.17. The van der Waals surface area contributed by atoms with Crippen molar-refractivity contribution in [2.75, 3.05) is 0 Å². The molecular formula is C9H11ClN2O3. The maximum Gasteiger partial charge on any atom is 0.331 e. The fourth-order valence-electron chi connectivity index (χ4n) is 1.38. The Kier molecular flexibility index (Phi) is 3.47. The second-order valence-electron chi connectivity index (χ2n) is 2.89. The smallest absolute Gasteiger partial charge is 0.296 e. The van der Waals surface area contributed by atoms with E-state index in [0.29, 0.717) is 12.8 Å². The lowest BCUT2D eigenvalue weighted by atomic mass is 10.4. The van der Waals surface area contributed by atoms with Gasteiger partial charge in [-0.2, -0.15) is 0 Å². The first kappa shape index (κ1) is 11.7. The molecule has 82 valence electrons. The minimum Gasteiger partial charge on any atom is -0.296 e. The highest BCUT2D eigenvalue weighted by atomic mass is 35.5. The zero-order valence-electron chi connectivity index (χ0n) is 8.49. The zero-order chi connectivity index (χ0) is 11.6. The van der Waals surface area contributed by atoms with Crippen LogP contribution < -0.4 is 11.2 Å². The number of nitrogens with zero attached hydrogens (tertiary/aromatic N) is 2. The van der Waals surface area contributed by atoms with Gasteiger partial charge in [-0.25, -0.2) is 4.79 Å². The summed E-state index contributed by atoms with van der Waals surface area (Å²) in [6.07, 6.45) is 0.425. The van der Waals surface area contributed by atoms with Crippen LogP contribution in [0.2, 0.25) is 5.02 Å². The monoisotopic (exact) mass is 230 g/mol. The van der Waals surface area contributed by atoms with Crippen molar-refractivity contribution >= 4 is 17.9 Å². The van der Waals surface area contributed by atoms with E-state index in [4.69, 9.17) is 11.6 Å². The van der Waals surface area contributed by atoms with Crippen molar-refractivity contribution in [2.24, 2.45) is 0 Å². The van der Waals surface area contributed by atoms with Gasteiger partial charge < -0.3 is 0 Å². The first-order chi connectivity index (χ1) is 7.08. The third kappa shape index (κ3) is 1.74. The number of hydrogen-bond acceptors (Lipinski definition) is 3. The second kappa shape index (κ2) is 4.44. The van der Waals surface area contributed by atoms with Crippen LogP contribution in [0.15, 0.2) is 9.59 Å². The molecule has 1 aromatic heterocycles. The van der Waals surface area contributed by atoms with Crippen molar-refractivity contribution in [2.45, 2.75) is 26.9 Å². The maximum atomic E-state index is 11.7. The van der Waals surface area contributed by atoms with Crippen LogP contribution in [0.3, 0.4) is 0 Å². The molecule has 0 N–H and O–H groups in total. The Morgan fingerprint density at radius 2 is 1.73 bits per heavy atom. The van der Waals surface area contributed by atoms with E-state index in [9.17, 15) is 14.4 Å². The van der Waals surface area contributed by atoms with Crippen molar-refractivity contribution in [1.29, 1.82) is 0 Å². The quantitative estimate of drug-likeness (QED) is 0.711. The van der Waals surface area contributed by atoms with Crippen LogP contribution in [-0.4, -0.2) is 15.4 Å². The van der Waals surface area contributed by atoms with Gasteiger partial charge in [0.1, 0.15) is 10.7 Å². The van der Waals surface area contributed by atoms with Crippen LogP contribution in [0.4, 0.5) is 0 Å². The summed E-state index contributed by atoms with van der Waals surface area (Å²) in [6, 6.07) is 0. The summed E-state index contributed by atoms with van der Waals surface area (Å²) >= 11 is 5.71. The van der Waals surface area contributed by atoms with Gasteiger partial charge >= 0.3 is 5.69 Å². The lowest BCUT2D eigenvalue weighted by molar-refractivity contribution is 0.111. The van der Waals surface area contributed by atoms with Gasteiger partial charge in [-0.1, -0.05) is 11.6 Å². The van der Waals surface area contributed by atoms with Crippen molar-refractivity contribution in [3.63, 3.8) is 0 Å². The number of carbonyl (C=O) groups excluding carboxylic acids is 1. The maximum absolute atomic E-state index is 11.7. The number of hydrogen-bond donors (Lipinski definition) is 0. The van der Waals surface area contributed by atoms with Gasteiger partial charge in [-0.15, -0.1) is 0 Å². The van der Waals surface area contributed by atoms with Crippen LogP contribution in [0.25, 0.3) is 0 Å². The number of aromatic nitrogens is 2. The van der Waals surface area contributed by atoms with Gasteiger partial charge in [0.15, 0.2) is 6.29 Å². The molecule has 0 bridgehead atoms.